The number of amides is 1. The molecule has 1 aromatic heterocycles. The Hall–Kier alpha value is -2.57. The number of anilines is 1. The van der Waals surface area contributed by atoms with E-state index in [1.54, 1.807) is 24.1 Å². The van der Waals surface area contributed by atoms with E-state index in [4.69, 9.17) is 14.5 Å². The first kappa shape index (κ1) is 26.5. The van der Waals surface area contributed by atoms with Gasteiger partial charge in [-0.15, -0.1) is 0 Å². The Balaban J connectivity index is 1.64. The minimum atomic E-state index is -3.58. The first-order valence-electron chi connectivity index (χ1n) is 11.8. The number of benzene rings is 2. The van der Waals surface area contributed by atoms with Gasteiger partial charge in [-0.25, -0.2) is 17.7 Å². The zero-order chi connectivity index (χ0) is 25.9. The third-order valence-corrected chi connectivity index (χ3v) is 9.27. The van der Waals surface area contributed by atoms with Gasteiger partial charge in [0.2, 0.25) is 10.0 Å². The number of rotatable bonds is 9. The molecule has 1 amide bonds. The number of methoxy groups -OCH3 is 1. The lowest BCUT2D eigenvalue weighted by Gasteiger charge is -2.27. The van der Waals surface area contributed by atoms with E-state index < -0.39 is 10.0 Å². The molecule has 1 saturated heterocycles. The first-order chi connectivity index (χ1) is 17.2. The number of carbonyl (C=O) groups excluding carboxylic acids is 1. The van der Waals surface area contributed by atoms with Gasteiger partial charge in [0.1, 0.15) is 11.3 Å². The fourth-order valence-corrected chi connectivity index (χ4v) is 6.05. The Morgan fingerprint density at radius 3 is 2.47 bits per heavy atom. The number of hydrogen-bond acceptors (Lipinski definition) is 8. The average Bonchev–Trinajstić information content (AvgIpc) is 3.33. The molecule has 0 aliphatic carbocycles. The zero-order valence-electron chi connectivity index (χ0n) is 21.1. The molecule has 0 N–H and O–H groups in total. The van der Waals surface area contributed by atoms with Crippen LogP contribution in [-0.2, 0) is 14.8 Å². The van der Waals surface area contributed by atoms with Crippen LogP contribution >= 0.6 is 11.3 Å². The molecule has 2 heterocycles. The molecule has 36 heavy (non-hydrogen) atoms. The van der Waals surface area contributed by atoms with Crippen molar-refractivity contribution < 1.29 is 22.7 Å². The normalized spacial score (nSPS) is 14.9. The molecular weight excluding hydrogens is 500 g/mol. The first-order valence-corrected chi connectivity index (χ1v) is 14.1. The number of carbonyl (C=O) groups is 1. The Bertz CT molecular complexity index is 1320. The van der Waals surface area contributed by atoms with Gasteiger partial charge >= 0.3 is 0 Å². The number of aromatic nitrogens is 1. The molecule has 4 rings (SSSR count). The van der Waals surface area contributed by atoms with E-state index in [1.807, 2.05) is 19.1 Å². The van der Waals surface area contributed by atoms with Crippen LogP contribution in [0, 0.1) is 6.92 Å². The molecule has 0 atom stereocenters. The fraction of sp³-hybridized carbons (Fsp3) is 0.440. The van der Waals surface area contributed by atoms with Crippen LogP contribution in [-0.4, -0.2) is 89.1 Å². The third-order valence-electron chi connectivity index (χ3n) is 6.23. The highest BCUT2D eigenvalue weighted by Crippen LogP contribution is 2.37. The van der Waals surface area contributed by atoms with Gasteiger partial charge in [0.25, 0.3) is 5.91 Å². The van der Waals surface area contributed by atoms with Gasteiger partial charge in [0.15, 0.2) is 5.13 Å². The summed E-state index contributed by atoms with van der Waals surface area (Å²) in [5.41, 5.74) is 2.20. The molecule has 1 aliphatic heterocycles. The van der Waals surface area contributed by atoms with Crippen molar-refractivity contribution in [3.63, 3.8) is 0 Å². The van der Waals surface area contributed by atoms with Crippen molar-refractivity contribution >= 4 is 42.6 Å². The van der Waals surface area contributed by atoms with Crippen LogP contribution in [0.25, 0.3) is 10.2 Å². The predicted molar refractivity (Wildman–Crippen MR) is 142 cm³/mol. The molecular formula is C25H32N4O5S2. The summed E-state index contributed by atoms with van der Waals surface area (Å²) < 4.78 is 38.0. The number of fused-ring (bicyclic) bond motifs is 1. The summed E-state index contributed by atoms with van der Waals surface area (Å²) in [5.74, 6) is 0.443. The lowest BCUT2D eigenvalue weighted by Crippen LogP contribution is -2.39. The molecule has 9 nitrogen and oxygen atoms in total. The minimum absolute atomic E-state index is 0.142. The van der Waals surface area contributed by atoms with Crippen LogP contribution in [0.3, 0.4) is 0 Å². The number of sulfonamides is 1. The van der Waals surface area contributed by atoms with Gasteiger partial charge in [-0.05, 0) is 49.2 Å². The summed E-state index contributed by atoms with van der Waals surface area (Å²) in [5, 5.41) is 0.592. The molecule has 0 bridgehead atoms. The molecule has 1 aliphatic rings. The second-order valence-corrected chi connectivity index (χ2v) is 12.0. The second-order valence-electron chi connectivity index (χ2n) is 8.84. The van der Waals surface area contributed by atoms with Crippen molar-refractivity contribution in [2.45, 2.75) is 18.2 Å². The summed E-state index contributed by atoms with van der Waals surface area (Å²) in [7, 11) is 0.989. The van der Waals surface area contributed by atoms with Crippen LogP contribution in [0.4, 0.5) is 5.13 Å². The standard InChI is InChI=1S/C25H32N4O5S2/c1-18-6-11-21(33-4)22-23(18)35-25(26-22)29(13-5-12-28-14-16-34-17-15-28)24(30)19-7-9-20(10-8-19)36(31,32)27(2)3/h6-11H,5,12-17H2,1-4H3. The van der Waals surface area contributed by atoms with E-state index in [0.29, 0.717) is 23.0 Å². The monoisotopic (exact) mass is 532 g/mol. The van der Waals surface area contributed by atoms with Crippen molar-refractivity contribution in [1.82, 2.24) is 14.2 Å². The Labute approximate surface area is 216 Å². The number of morpholine rings is 1. The van der Waals surface area contributed by atoms with E-state index in [2.05, 4.69) is 4.90 Å². The van der Waals surface area contributed by atoms with Gasteiger partial charge in [0, 0.05) is 45.8 Å². The second kappa shape index (κ2) is 11.2. The minimum Gasteiger partial charge on any atom is -0.494 e. The Kier molecular flexibility index (Phi) is 8.26. The molecule has 0 spiro atoms. The highest BCUT2D eigenvalue weighted by molar-refractivity contribution is 7.89. The largest absolute Gasteiger partial charge is 0.494 e. The van der Waals surface area contributed by atoms with Crippen LogP contribution in [0.5, 0.6) is 5.75 Å². The summed E-state index contributed by atoms with van der Waals surface area (Å²) in [6.45, 7) is 6.55. The molecule has 194 valence electrons. The Morgan fingerprint density at radius 2 is 1.83 bits per heavy atom. The zero-order valence-corrected chi connectivity index (χ0v) is 22.7. The van der Waals surface area contributed by atoms with Gasteiger partial charge in [0.05, 0.1) is 29.9 Å². The van der Waals surface area contributed by atoms with Crippen molar-refractivity contribution in [3.05, 3.63) is 47.5 Å². The van der Waals surface area contributed by atoms with Crippen LogP contribution in [0.2, 0.25) is 0 Å². The van der Waals surface area contributed by atoms with Gasteiger partial charge in [-0.3, -0.25) is 14.6 Å². The maximum absolute atomic E-state index is 13.7. The molecule has 0 unspecified atom stereocenters. The number of ether oxygens (including phenoxy) is 2. The van der Waals surface area contributed by atoms with E-state index in [-0.39, 0.29) is 10.8 Å². The van der Waals surface area contributed by atoms with Gasteiger partial charge < -0.3 is 9.47 Å². The van der Waals surface area contributed by atoms with Crippen molar-refractivity contribution in [2.75, 3.05) is 65.5 Å². The maximum Gasteiger partial charge on any atom is 0.260 e. The van der Waals surface area contributed by atoms with Gasteiger partial charge in [-0.1, -0.05) is 17.4 Å². The number of thiazole rings is 1. The summed E-state index contributed by atoms with van der Waals surface area (Å²) in [4.78, 5) is 22.7. The van der Waals surface area contributed by atoms with Crippen molar-refractivity contribution in [1.29, 1.82) is 0 Å². The smallest absolute Gasteiger partial charge is 0.260 e. The van der Waals surface area contributed by atoms with Crippen molar-refractivity contribution in [2.24, 2.45) is 0 Å². The third kappa shape index (κ3) is 5.55. The molecule has 2 aromatic carbocycles. The number of hydrogen-bond donors (Lipinski definition) is 0. The van der Waals surface area contributed by atoms with E-state index in [1.165, 1.54) is 37.6 Å². The summed E-state index contributed by atoms with van der Waals surface area (Å²) in [6, 6.07) is 9.94. The van der Waals surface area contributed by atoms with E-state index in [0.717, 1.165) is 59.4 Å². The highest BCUT2D eigenvalue weighted by atomic mass is 32.2. The van der Waals surface area contributed by atoms with Crippen LogP contribution in [0.1, 0.15) is 22.3 Å². The van der Waals surface area contributed by atoms with Gasteiger partial charge in [-0.2, -0.15) is 0 Å². The van der Waals surface area contributed by atoms with Crippen LogP contribution < -0.4 is 9.64 Å². The number of aryl methyl sites for hydroxylation is 1. The lowest BCUT2D eigenvalue weighted by atomic mass is 10.2. The lowest BCUT2D eigenvalue weighted by molar-refractivity contribution is 0.0376. The molecule has 0 saturated carbocycles. The SMILES string of the molecule is COc1ccc(C)c2sc(N(CCCN3CCOCC3)C(=O)c3ccc(S(=O)(=O)N(C)C)cc3)nc12. The van der Waals surface area contributed by atoms with Crippen LogP contribution in [0.15, 0.2) is 41.3 Å². The fourth-order valence-electron chi connectivity index (χ4n) is 4.08. The molecule has 3 aromatic rings. The summed E-state index contributed by atoms with van der Waals surface area (Å²) >= 11 is 1.46. The number of nitrogens with zero attached hydrogens (tertiary/aromatic N) is 4. The quantitative estimate of drug-likeness (QED) is 0.418. The molecule has 1 fully saturated rings. The molecule has 11 heteroatoms. The maximum atomic E-state index is 13.7. The summed E-state index contributed by atoms with van der Waals surface area (Å²) in [6.07, 6.45) is 0.769. The highest BCUT2D eigenvalue weighted by Gasteiger charge is 2.24. The van der Waals surface area contributed by atoms with E-state index >= 15 is 0 Å². The topological polar surface area (TPSA) is 92.3 Å². The average molecular weight is 533 g/mol. The Morgan fingerprint density at radius 1 is 1.14 bits per heavy atom. The van der Waals surface area contributed by atoms with E-state index in [9.17, 15) is 13.2 Å². The van der Waals surface area contributed by atoms with Crippen molar-refractivity contribution in [3.8, 4) is 5.75 Å². The molecule has 0 radical (unpaired) electrons. The predicted octanol–water partition coefficient (Wildman–Crippen LogP) is 3.23.